The molecule has 1 N–H and O–H groups in total. The lowest BCUT2D eigenvalue weighted by atomic mass is 10.1. The summed E-state index contributed by atoms with van der Waals surface area (Å²) in [5, 5.41) is 9.12. The Hall–Kier alpha value is -0.470. The fraction of sp³-hybridized carbons (Fsp3) is 0.500. The average molecular weight is 210 g/mol. The molecule has 1 aromatic rings. The maximum Gasteiger partial charge on any atom is 0.0520 e. The molecule has 0 spiro atoms. The summed E-state index contributed by atoms with van der Waals surface area (Å²) in [6, 6.07) is 6.51. The van der Waals surface area contributed by atoms with Gasteiger partial charge in [-0.25, -0.2) is 0 Å². The van der Waals surface area contributed by atoms with Crippen LogP contribution in [0, 0.1) is 13.8 Å². The summed E-state index contributed by atoms with van der Waals surface area (Å²) >= 11 is 1.81. The molecule has 0 aliphatic heterocycles. The number of hydrogen-bond donors (Lipinski definition) is 1. The minimum atomic E-state index is -0.186. The minimum absolute atomic E-state index is 0.186. The van der Waals surface area contributed by atoms with Crippen LogP contribution < -0.4 is 0 Å². The van der Waals surface area contributed by atoms with E-state index in [1.54, 1.807) is 0 Å². The molecule has 0 heterocycles. The van der Waals surface area contributed by atoms with Gasteiger partial charge in [-0.15, -0.1) is 11.8 Å². The molecule has 1 atom stereocenters. The average Bonchev–Trinajstić information content (AvgIpc) is 2.10. The third-order valence-electron chi connectivity index (χ3n) is 2.28. The fourth-order valence-electron chi connectivity index (χ4n) is 1.15. The second-order valence-electron chi connectivity index (χ2n) is 3.73. The molecule has 1 aromatic carbocycles. The van der Waals surface area contributed by atoms with Crippen LogP contribution in [0.4, 0.5) is 0 Å². The molecule has 0 radical (unpaired) electrons. The molecule has 1 nitrogen and oxygen atoms in total. The van der Waals surface area contributed by atoms with Crippen molar-refractivity contribution in [2.24, 2.45) is 0 Å². The molecule has 0 amide bonds. The first-order valence-electron chi connectivity index (χ1n) is 4.97. The minimum Gasteiger partial charge on any atom is -0.393 e. The van der Waals surface area contributed by atoms with Gasteiger partial charge >= 0.3 is 0 Å². The lowest BCUT2D eigenvalue weighted by Gasteiger charge is -2.06. The van der Waals surface area contributed by atoms with Crippen molar-refractivity contribution >= 4 is 11.8 Å². The van der Waals surface area contributed by atoms with E-state index >= 15 is 0 Å². The van der Waals surface area contributed by atoms with Gasteiger partial charge in [0.25, 0.3) is 0 Å². The summed E-state index contributed by atoms with van der Waals surface area (Å²) < 4.78 is 0. The first-order chi connectivity index (χ1) is 6.59. The molecule has 14 heavy (non-hydrogen) atoms. The summed E-state index contributed by atoms with van der Waals surface area (Å²) in [6.45, 7) is 6.09. The van der Waals surface area contributed by atoms with Gasteiger partial charge in [-0.3, -0.25) is 0 Å². The van der Waals surface area contributed by atoms with Gasteiger partial charge in [0, 0.05) is 10.6 Å². The van der Waals surface area contributed by atoms with E-state index in [9.17, 15) is 0 Å². The van der Waals surface area contributed by atoms with Gasteiger partial charge in [0.1, 0.15) is 0 Å². The maximum atomic E-state index is 9.12. The van der Waals surface area contributed by atoms with Crippen molar-refractivity contribution in [3.8, 4) is 0 Å². The normalized spacial score (nSPS) is 12.9. The van der Waals surface area contributed by atoms with Crippen LogP contribution in [0.3, 0.4) is 0 Å². The molecule has 0 fully saturated rings. The third kappa shape index (κ3) is 3.72. The summed E-state index contributed by atoms with van der Waals surface area (Å²) in [7, 11) is 0. The Kier molecular flexibility index (Phi) is 4.49. The summed E-state index contributed by atoms with van der Waals surface area (Å²) in [6.07, 6.45) is 0.673. The van der Waals surface area contributed by atoms with Crippen LogP contribution in [-0.4, -0.2) is 17.0 Å². The Morgan fingerprint density at radius 2 is 2.00 bits per heavy atom. The topological polar surface area (TPSA) is 20.2 Å². The van der Waals surface area contributed by atoms with Crippen molar-refractivity contribution in [1.29, 1.82) is 0 Å². The van der Waals surface area contributed by atoms with Crippen molar-refractivity contribution in [3.05, 3.63) is 29.3 Å². The Morgan fingerprint density at radius 1 is 1.29 bits per heavy atom. The Morgan fingerprint density at radius 3 is 2.57 bits per heavy atom. The molecule has 1 unspecified atom stereocenters. The van der Waals surface area contributed by atoms with Crippen molar-refractivity contribution in [1.82, 2.24) is 0 Å². The van der Waals surface area contributed by atoms with Crippen LogP contribution in [0.1, 0.15) is 24.5 Å². The zero-order valence-corrected chi connectivity index (χ0v) is 9.90. The molecule has 0 saturated heterocycles. The number of aryl methyl sites for hydroxylation is 2. The summed E-state index contributed by atoms with van der Waals surface area (Å²) in [5.74, 6) is 0.986. The van der Waals surface area contributed by atoms with Gasteiger partial charge in [0.2, 0.25) is 0 Å². The zero-order chi connectivity index (χ0) is 10.6. The monoisotopic (exact) mass is 210 g/mol. The highest BCUT2D eigenvalue weighted by Crippen LogP contribution is 2.21. The number of rotatable bonds is 4. The van der Waals surface area contributed by atoms with Gasteiger partial charge in [-0.05, 0) is 50.5 Å². The van der Waals surface area contributed by atoms with E-state index in [1.165, 1.54) is 16.0 Å². The maximum absolute atomic E-state index is 9.12. The summed E-state index contributed by atoms with van der Waals surface area (Å²) in [5.41, 5.74) is 2.68. The summed E-state index contributed by atoms with van der Waals surface area (Å²) in [4.78, 5) is 1.30. The molecule has 0 aromatic heterocycles. The third-order valence-corrected chi connectivity index (χ3v) is 3.31. The zero-order valence-electron chi connectivity index (χ0n) is 9.08. The quantitative estimate of drug-likeness (QED) is 0.770. The first kappa shape index (κ1) is 11.6. The van der Waals surface area contributed by atoms with Gasteiger partial charge in [0.05, 0.1) is 6.10 Å². The van der Waals surface area contributed by atoms with Crippen LogP contribution in [0.2, 0.25) is 0 Å². The predicted molar refractivity (Wildman–Crippen MR) is 62.9 cm³/mol. The van der Waals surface area contributed by atoms with E-state index in [2.05, 4.69) is 32.0 Å². The van der Waals surface area contributed by atoms with Crippen LogP contribution in [-0.2, 0) is 0 Å². The highest BCUT2D eigenvalue weighted by Gasteiger charge is 1.99. The smallest absolute Gasteiger partial charge is 0.0520 e. The molecular formula is C12H18OS. The number of thioether (sulfide) groups is 1. The van der Waals surface area contributed by atoms with E-state index in [4.69, 9.17) is 5.11 Å². The van der Waals surface area contributed by atoms with Crippen molar-refractivity contribution in [3.63, 3.8) is 0 Å². The van der Waals surface area contributed by atoms with Crippen LogP contribution in [0.5, 0.6) is 0 Å². The van der Waals surface area contributed by atoms with E-state index in [0.29, 0.717) is 0 Å². The van der Waals surface area contributed by atoms with E-state index in [1.807, 2.05) is 18.7 Å². The highest BCUT2D eigenvalue weighted by atomic mass is 32.2. The Balaban J connectivity index is 2.47. The number of aliphatic hydroxyl groups excluding tert-OH is 1. The lowest BCUT2D eigenvalue weighted by Crippen LogP contribution is -2.00. The van der Waals surface area contributed by atoms with E-state index in [-0.39, 0.29) is 6.10 Å². The molecule has 0 aliphatic carbocycles. The standard InChI is InChI=1S/C12H18OS/c1-9-4-5-12(8-10(9)2)14-7-6-11(3)13/h4-5,8,11,13H,6-7H2,1-3H3. The second-order valence-corrected chi connectivity index (χ2v) is 4.90. The molecule has 1 rings (SSSR count). The van der Waals surface area contributed by atoms with Gasteiger partial charge < -0.3 is 5.11 Å². The van der Waals surface area contributed by atoms with Crippen molar-refractivity contribution in [2.75, 3.05) is 5.75 Å². The van der Waals surface area contributed by atoms with Gasteiger partial charge in [-0.2, -0.15) is 0 Å². The van der Waals surface area contributed by atoms with Crippen LogP contribution in [0.25, 0.3) is 0 Å². The first-order valence-corrected chi connectivity index (χ1v) is 5.96. The number of hydrogen-bond acceptors (Lipinski definition) is 2. The fourth-order valence-corrected chi connectivity index (χ4v) is 2.27. The molecule has 2 heteroatoms. The largest absolute Gasteiger partial charge is 0.393 e. The second kappa shape index (κ2) is 5.42. The molecule has 0 saturated carbocycles. The molecule has 0 aliphatic rings. The van der Waals surface area contributed by atoms with Crippen molar-refractivity contribution in [2.45, 2.75) is 38.2 Å². The Bertz CT molecular complexity index is 294. The molecule has 0 bridgehead atoms. The molecule has 78 valence electrons. The number of aliphatic hydroxyl groups is 1. The van der Waals surface area contributed by atoms with E-state index in [0.717, 1.165) is 12.2 Å². The van der Waals surface area contributed by atoms with E-state index < -0.39 is 0 Å². The van der Waals surface area contributed by atoms with Crippen LogP contribution in [0.15, 0.2) is 23.1 Å². The Labute approximate surface area is 90.5 Å². The van der Waals surface area contributed by atoms with Crippen molar-refractivity contribution < 1.29 is 5.11 Å². The number of benzene rings is 1. The highest BCUT2D eigenvalue weighted by molar-refractivity contribution is 7.99. The SMILES string of the molecule is Cc1ccc(SCCC(C)O)cc1C. The van der Waals surface area contributed by atoms with Crippen LogP contribution >= 0.6 is 11.8 Å². The lowest BCUT2D eigenvalue weighted by molar-refractivity contribution is 0.192. The van der Waals surface area contributed by atoms with Gasteiger partial charge in [0.15, 0.2) is 0 Å². The predicted octanol–water partition coefficient (Wildman–Crippen LogP) is 3.17. The molecular weight excluding hydrogens is 192 g/mol. The van der Waals surface area contributed by atoms with Gasteiger partial charge in [-0.1, -0.05) is 6.07 Å².